The highest BCUT2D eigenvalue weighted by Crippen LogP contribution is 2.32. The Bertz CT molecular complexity index is 1500. The minimum Gasteiger partial charge on any atom is -0.306 e. The molecule has 31 heavy (non-hydrogen) atoms. The quantitative estimate of drug-likeness (QED) is 0.236. The molecule has 0 spiro atoms. The lowest BCUT2D eigenvalue weighted by molar-refractivity contribution is 0.676. The average Bonchev–Trinajstić information content (AvgIpc) is 3.35. The third-order valence-corrected chi connectivity index (χ3v) is 7.29. The van der Waals surface area contributed by atoms with Crippen LogP contribution in [0.2, 0.25) is 0 Å². The first-order chi connectivity index (χ1) is 15.1. The molecule has 0 saturated heterocycles. The van der Waals surface area contributed by atoms with Gasteiger partial charge in [-0.25, -0.2) is 9.78 Å². The van der Waals surface area contributed by atoms with Gasteiger partial charge in [0.2, 0.25) is 0 Å². The van der Waals surface area contributed by atoms with Crippen molar-refractivity contribution in [1.82, 2.24) is 19.1 Å². The molecule has 0 saturated carbocycles. The molecule has 8 heteroatoms. The molecule has 0 aliphatic rings. The van der Waals surface area contributed by atoms with Crippen molar-refractivity contribution in [2.24, 2.45) is 7.05 Å². The molecule has 6 nitrogen and oxygen atoms in total. The highest BCUT2D eigenvalue weighted by atomic mass is 32.2. The van der Waals surface area contributed by atoms with E-state index in [-0.39, 0.29) is 11.2 Å². The number of nitrogens with zero attached hydrogens (tertiary/aromatic N) is 3. The van der Waals surface area contributed by atoms with E-state index in [4.69, 9.17) is 4.98 Å². The second-order valence-electron chi connectivity index (χ2n) is 7.26. The first kappa shape index (κ1) is 19.8. The number of para-hydroxylation sites is 2. The highest BCUT2D eigenvalue weighted by Gasteiger charge is 2.15. The molecule has 0 aliphatic carbocycles. The van der Waals surface area contributed by atoms with Crippen molar-refractivity contribution in [2.75, 3.05) is 5.75 Å². The summed E-state index contributed by atoms with van der Waals surface area (Å²) in [6.45, 7) is 0.614. The van der Waals surface area contributed by atoms with Crippen LogP contribution in [0.1, 0.15) is 6.42 Å². The predicted molar refractivity (Wildman–Crippen MR) is 128 cm³/mol. The molecule has 0 radical (unpaired) electrons. The summed E-state index contributed by atoms with van der Waals surface area (Å²) < 4.78 is 3.39. The number of nitrogens with one attached hydrogen (secondary N) is 1. The number of hydrogen-bond acceptors (Lipinski definition) is 5. The maximum Gasteiger partial charge on any atom is 0.326 e. The van der Waals surface area contributed by atoms with Crippen molar-refractivity contribution in [3.8, 4) is 11.1 Å². The average molecular weight is 449 g/mol. The zero-order valence-electron chi connectivity index (χ0n) is 16.9. The second kappa shape index (κ2) is 8.20. The molecule has 0 atom stereocenters. The molecule has 0 amide bonds. The van der Waals surface area contributed by atoms with Crippen LogP contribution in [0.15, 0.2) is 74.7 Å². The Morgan fingerprint density at radius 3 is 2.68 bits per heavy atom. The molecule has 0 bridgehead atoms. The van der Waals surface area contributed by atoms with E-state index in [9.17, 15) is 9.59 Å². The van der Waals surface area contributed by atoms with Gasteiger partial charge in [0.05, 0.1) is 16.4 Å². The maximum atomic E-state index is 13.1. The van der Waals surface area contributed by atoms with Crippen LogP contribution in [0.3, 0.4) is 0 Å². The van der Waals surface area contributed by atoms with E-state index >= 15 is 0 Å². The Morgan fingerprint density at radius 2 is 1.84 bits per heavy atom. The summed E-state index contributed by atoms with van der Waals surface area (Å²) in [5.74, 6) is 0.759. The Morgan fingerprint density at radius 1 is 1.06 bits per heavy atom. The number of fused-ring (bicyclic) bond motifs is 2. The lowest BCUT2D eigenvalue weighted by Gasteiger charge is -2.08. The number of aromatic amines is 1. The molecule has 5 rings (SSSR count). The minimum absolute atomic E-state index is 0.0274. The van der Waals surface area contributed by atoms with E-state index in [2.05, 4.69) is 4.98 Å². The second-order valence-corrected chi connectivity index (χ2v) is 9.18. The first-order valence-corrected chi connectivity index (χ1v) is 11.8. The van der Waals surface area contributed by atoms with Crippen molar-refractivity contribution in [3.63, 3.8) is 0 Å². The standard InChI is InChI=1S/C23H20N4O2S2/c1-26-21(28)19-16(15-8-3-2-4-9-15)14-31-20(19)25-23(26)30-13-7-12-27-18-11-6-5-10-17(18)24-22(27)29/h2-6,8-11,14H,7,12-13H2,1H3,(H,24,29). The Labute approximate surface area is 186 Å². The lowest BCUT2D eigenvalue weighted by atomic mass is 10.1. The third-order valence-electron chi connectivity index (χ3n) is 5.30. The summed E-state index contributed by atoms with van der Waals surface area (Å²) in [6.07, 6.45) is 0.792. The van der Waals surface area contributed by atoms with E-state index in [0.717, 1.165) is 39.2 Å². The van der Waals surface area contributed by atoms with Gasteiger partial charge in [0.15, 0.2) is 5.16 Å². The van der Waals surface area contributed by atoms with Gasteiger partial charge >= 0.3 is 5.69 Å². The third kappa shape index (κ3) is 3.62. The number of aryl methyl sites for hydroxylation is 1. The number of benzene rings is 2. The fraction of sp³-hybridized carbons (Fsp3) is 0.174. The normalized spacial score (nSPS) is 11.5. The SMILES string of the molecule is Cn1c(SCCCn2c(=O)[nH]c3ccccc32)nc2scc(-c3ccccc3)c2c1=O. The van der Waals surface area contributed by atoms with Gasteiger partial charge in [-0.05, 0) is 24.1 Å². The van der Waals surface area contributed by atoms with E-state index in [1.165, 1.54) is 11.3 Å². The van der Waals surface area contributed by atoms with Crippen molar-refractivity contribution in [2.45, 2.75) is 18.1 Å². The van der Waals surface area contributed by atoms with Gasteiger partial charge in [0.25, 0.3) is 5.56 Å². The number of imidazole rings is 1. The van der Waals surface area contributed by atoms with Crippen molar-refractivity contribution in [3.05, 3.63) is 80.8 Å². The number of rotatable bonds is 6. The van der Waals surface area contributed by atoms with E-state index in [1.54, 1.807) is 27.9 Å². The number of thiophene rings is 1. The molecule has 3 aromatic heterocycles. The van der Waals surface area contributed by atoms with Gasteiger partial charge in [0.1, 0.15) is 4.83 Å². The van der Waals surface area contributed by atoms with Gasteiger partial charge in [0, 0.05) is 30.3 Å². The number of thioether (sulfide) groups is 1. The van der Waals surface area contributed by atoms with Gasteiger partial charge < -0.3 is 4.98 Å². The summed E-state index contributed by atoms with van der Waals surface area (Å²) in [6, 6.07) is 17.6. The van der Waals surface area contributed by atoms with Crippen molar-refractivity contribution < 1.29 is 0 Å². The minimum atomic E-state index is -0.0924. The molecule has 0 aliphatic heterocycles. The van der Waals surface area contributed by atoms with Gasteiger partial charge in [-0.2, -0.15) is 0 Å². The largest absolute Gasteiger partial charge is 0.326 e. The van der Waals surface area contributed by atoms with Crippen LogP contribution in [0, 0.1) is 0 Å². The molecular formula is C23H20N4O2S2. The topological polar surface area (TPSA) is 72.7 Å². The van der Waals surface area contributed by atoms with Crippen LogP contribution in [0.25, 0.3) is 32.4 Å². The van der Waals surface area contributed by atoms with Crippen LogP contribution in [0.4, 0.5) is 0 Å². The Balaban J connectivity index is 1.35. The maximum absolute atomic E-state index is 13.1. The Hall–Kier alpha value is -3.10. The molecule has 3 heterocycles. The number of H-pyrrole nitrogens is 1. The smallest absolute Gasteiger partial charge is 0.306 e. The molecule has 0 fully saturated rings. The molecule has 156 valence electrons. The molecule has 1 N–H and O–H groups in total. The first-order valence-electron chi connectivity index (χ1n) is 9.97. The summed E-state index contributed by atoms with van der Waals surface area (Å²) in [7, 11) is 1.77. The van der Waals surface area contributed by atoms with Crippen LogP contribution in [-0.4, -0.2) is 24.9 Å². The fourth-order valence-corrected chi connectivity index (χ4v) is 5.61. The van der Waals surface area contributed by atoms with E-state index < -0.39 is 0 Å². The van der Waals surface area contributed by atoms with Gasteiger partial charge in [-0.1, -0.05) is 54.2 Å². The van der Waals surface area contributed by atoms with Crippen molar-refractivity contribution >= 4 is 44.3 Å². The lowest BCUT2D eigenvalue weighted by Crippen LogP contribution is -2.20. The summed E-state index contributed by atoms with van der Waals surface area (Å²) in [5.41, 5.74) is 3.60. The van der Waals surface area contributed by atoms with Crippen LogP contribution < -0.4 is 11.2 Å². The molecule has 5 aromatic rings. The molecule has 0 unspecified atom stereocenters. The van der Waals surface area contributed by atoms with Crippen LogP contribution >= 0.6 is 23.1 Å². The monoisotopic (exact) mass is 448 g/mol. The zero-order chi connectivity index (χ0) is 21.4. The summed E-state index contributed by atoms with van der Waals surface area (Å²) in [4.78, 5) is 33.7. The highest BCUT2D eigenvalue weighted by molar-refractivity contribution is 7.99. The van der Waals surface area contributed by atoms with Gasteiger partial charge in [-0.15, -0.1) is 11.3 Å². The van der Waals surface area contributed by atoms with Crippen LogP contribution in [-0.2, 0) is 13.6 Å². The van der Waals surface area contributed by atoms with Crippen LogP contribution in [0.5, 0.6) is 0 Å². The summed E-state index contributed by atoms with van der Waals surface area (Å²) in [5, 5.41) is 3.38. The fourth-order valence-electron chi connectivity index (χ4n) is 3.73. The van der Waals surface area contributed by atoms with Crippen molar-refractivity contribution in [1.29, 1.82) is 0 Å². The zero-order valence-corrected chi connectivity index (χ0v) is 18.5. The Kier molecular flexibility index (Phi) is 5.25. The van der Waals surface area contributed by atoms with E-state index in [1.807, 2.05) is 60.0 Å². The number of hydrogen-bond donors (Lipinski definition) is 1. The van der Waals surface area contributed by atoms with E-state index in [0.29, 0.717) is 17.1 Å². The molecule has 2 aromatic carbocycles. The predicted octanol–water partition coefficient (Wildman–Crippen LogP) is 4.49. The summed E-state index contributed by atoms with van der Waals surface area (Å²) >= 11 is 3.05. The van der Waals surface area contributed by atoms with Gasteiger partial charge in [-0.3, -0.25) is 13.9 Å². The number of aromatic nitrogens is 4. The molecular weight excluding hydrogens is 428 g/mol.